The monoisotopic (exact) mass is 210 g/mol. The summed E-state index contributed by atoms with van der Waals surface area (Å²) < 4.78 is 0. The van der Waals surface area contributed by atoms with Crippen LogP contribution < -0.4 is 5.32 Å². The average molecular weight is 210 g/mol. The topological polar surface area (TPSA) is 15.3 Å². The highest BCUT2D eigenvalue weighted by molar-refractivity contribution is 4.77. The van der Waals surface area contributed by atoms with Gasteiger partial charge < -0.3 is 10.2 Å². The lowest BCUT2D eigenvalue weighted by molar-refractivity contribution is 0.160. The van der Waals surface area contributed by atoms with Crippen LogP contribution in [0.2, 0.25) is 0 Å². The number of rotatable bonds is 3. The Bertz CT molecular complexity index is 177. The van der Waals surface area contributed by atoms with Gasteiger partial charge in [0.1, 0.15) is 0 Å². The summed E-state index contributed by atoms with van der Waals surface area (Å²) in [6.45, 7) is 7.55. The fourth-order valence-corrected chi connectivity index (χ4v) is 2.73. The molecule has 1 aliphatic heterocycles. The third-order valence-corrected chi connectivity index (χ3v) is 4.11. The lowest BCUT2D eigenvalue weighted by atomic mass is 9.85. The van der Waals surface area contributed by atoms with Crippen molar-refractivity contribution in [1.82, 2.24) is 10.2 Å². The zero-order valence-corrected chi connectivity index (χ0v) is 10.2. The van der Waals surface area contributed by atoms with E-state index in [0.717, 1.165) is 12.0 Å². The van der Waals surface area contributed by atoms with Gasteiger partial charge in [0.25, 0.3) is 0 Å². The van der Waals surface area contributed by atoms with E-state index in [4.69, 9.17) is 0 Å². The van der Waals surface area contributed by atoms with Crippen LogP contribution in [0.3, 0.4) is 0 Å². The van der Waals surface area contributed by atoms with E-state index in [1.807, 2.05) is 0 Å². The zero-order chi connectivity index (χ0) is 10.5. The Morgan fingerprint density at radius 1 is 1.13 bits per heavy atom. The number of nitrogens with one attached hydrogen (secondary N) is 1. The van der Waals surface area contributed by atoms with Gasteiger partial charge in [0.15, 0.2) is 0 Å². The van der Waals surface area contributed by atoms with Gasteiger partial charge in [-0.05, 0) is 57.7 Å². The van der Waals surface area contributed by atoms with Crippen molar-refractivity contribution in [2.75, 3.05) is 26.2 Å². The Balaban J connectivity index is 1.72. The third kappa shape index (κ3) is 3.46. The van der Waals surface area contributed by atoms with Gasteiger partial charge in [0.2, 0.25) is 0 Å². The van der Waals surface area contributed by atoms with Crippen molar-refractivity contribution in [2.24, 2.45) is 5.92 Å². The SMILES string of the molecule is CCC1CCN(CC2CCC2)CCCN1. The molecular weight excluding hydrogens is 184 g/mol. The van der Waals surface area contributed by atoms with E-state index < -0.39 is 0 Å². The van der Waals surface area contributed by atoms with Crippen LogP contribution >= 0.6 is 0 Å². The number of nitrogens with zero attached hydrogens (tertiary/aromatic N) is 1. The molecule has 1 unspecified atom stereocenters. The summed E-state index contributed by atoms with van der Waals surface area (Å²) >= 11 is 0. The summed E-state index contributed by atoms with van der Waals surface area (Å²) in [5, 5.41) is 3.65. The van der Waals surface area contributed by atoms with Crippen LogP contribution in [-0.4, -0.2) is 37.1 Å². The Kier molecular flexibility index (Phi) is 4.45. The lowest BCUT2D eigenvalue weighted by Crippen LogP contribution is -2.42. The maximum absolute atomic E-state index is 3.65. The molecule has 0 bridgehead atoms. The van der Waals surface area contributed by atoms with Crippen LogP contribution in [0.25, 0.3) is 0 Å². The van der Waals surface area contributed by atoms with Crippen molar-refractivity contribution in [2.45, 2.75) is 51.5 Å². The minimum atomic E-state index is 0.772. The van der Waals surface area contributed by atoms with Crippen LogP contribution in [0, 0.1) is 5.92 Å². The highest BCUT2D eigenvalue weighted by Gasteiger charge is 2.21. The molecule has 2 heteroatoms. The summed E-state index contributed by atoms with van der Waals surface area (Å²) in [4.78, 5) is 2.72. The van der Waals surface area contributed by atoms with E-state index in [1.165, 1.54) is 64.7 Å². The Labute approximate surface area is 94.4 Å². The van der Waals surface area contributed by atoms with Gasteiger partial charge in [0, 0.05) is 12.6 Å². The molecule has 0 aromatic rings. The van der Waals surface area contributed by atoms with Crippen molar-refractivity contribution in [3.63, 3.8) is 0 Å². The van der Waals surface area contributed by atoms with Crippen LogP contribution in [0.1, 0.15) is 45.4 Å². The van der Waals surface area contributed by atoms with Gasteiger partial charge in [-0.2, -0.15) is 0 Å². The summed E-state index contributed by atoms with van der Waals surface area (Å²) in [5.41, 5.74) is 0. The molecule has 88 valence electrons. The van der Waals surface area contributed by atoms with Gasteiger partial charge in [-0.25, -0.2) is 0 Å². The molecule has 1 heterocycles. The molecular formula is C13H26N2. The molecule has 1 N–H and O–H groups in total. The Morgan fingerprint density at radius 3 is 2.67 bits per heavy atom. The minimum Gasteiger partial charge on any atom is -0.314 e. The first-order chi connectivity index (χ1) is 7.38. The molecule has 2 nitrogen and oxygen atoms in total. The summed E-state index contributed by atoms with van der Waals surface area (Å²) in [5.74, 6) is 1.04. The summed E-state index contributed by atoms with van der Waals surface area (Å²) in [6, 6.07) is 0.772. The van der Waals surface area contributed by atoms with E-state index in [9.17, 15) is 0 Å². The van der Waals surface area contributed by atoms with Crippen molar-refractivity contribution in [3.05, 3.63) is 0 Å². The van der Waals surface area contributed by atoms with E-state index in [1.54, 1.807) is 0 Å². The first kappa shape index (κ1) is 11.4. The fourth-order valence-electron chi connectivity index (χ4n) is 2.73. The van der Waals surface area contributed by atoms with Crippen LogP contribution in [0.5, 0.6) is 0 Å². The highest BCUT2D eigenvalue weighted by atomic mass is 15.1. The predicted molar refractivity (Wildman–Crippen MR) is 65.1 cm³/mol. The van der Waals surface area contributed by atoms with Crippen molar-refractivity contribution in [1.29, 1.82) is 0 Å². The molecule has 1 aliphatic carbocycles. The second-order valence-corrected chi connectivity index (χ2v) is 5.30. The number of hydrogen-bond acceptors (Lipinski definition) is 2. The highest BCUT2D eigenvalue weighted by Crippen LogP contribution is 2.27. The molecule has 0 aromatic heterocycles. The maximum Gasteiger partial charge on any atom is 0.00766 e. The predicted octanol–water partition coefficient (Wildman–Crippen LogP) is 2.25. The second-order valence-electron chi connectivity index (χ2n) is 5.30. The average Bonchev–Trinajstić information content (AvgIpc) is 2.14. The van der Waals surface area contributed by atoms with Gasteiger partial charge in [-0.15, -0.1) is 0 Å². The summed E-state index contributed by atoms with van der Waals surface area (Å²) in [7, 11) is 0. The third-order valence-electron chi connectivity index (χ3n) is 4.11. The largest absolute Gasteiger partial charge is 0.314 e. The molecule has 1 atom stereocenters. The molecule has 15 heavy (non-hydrogen) atoms. The molecule has 2 fully saturated rings. The van der Waals surface area contributed by atoms with Crippen LogP contribution in [-0.2, 0) is 0 Å². The van der Waals surface area contributed by atoms with Gasteiger partial charge >= 0.3 is 0 Å². The maximum atomic E-state index is 3.65. The van der Waals surface area contributed by atoms with Crippen molar-refractivity contribution >= 4 is 0 Å². The molecule has 0 amide bonds. The van der Waals surface area contributed by atoms with Crippen LogP contribution in [0.15, 0.2) is 0 Å². The fraction of sp³-hybridized carbons (Fsp3) is 1.00. The standard InChI is InChI=1S/C13H26N2/c1-2-13-7-10-15(9-4-8-14-13)11-12-5-3-6-12/h12-14H,2-11H2,1H3. The van der Waals surface area contributed by atoms with E-state index in [2.05, 4.69) is 17.1 Å². The quantitative estimate of drug-likeness (QED) is 0.768. The first-order valence-electron chi connectivity index (χ1n) is 6.84. The normalized spacial score (nSPS) is 30.6. The summed E-state index contributed by atoms with van der Waals surface area (Å²) in [6.07, 6.45) is 8.44. The number of hydrogen-bond donors (Lipinski definition) is 1. The molecule has 2 aliphatic rings. The molecule has 1 saturated carbocycles. The van der Waals surface area contributed by atoms with E-state index in [-0.39, 0.29) is 0 Å². The first-order valence-corrected chi connectivity index (χ1v) is 6.84. The lowest BCUT2D eigenvalue weighted by Gasteiger charge is -2.34. The van der Waals surface area contributed by atoms with Gasteiger partial charge in [-0.1, -0.05) is 13.3 Å². The minimum absolute atomic E-state index is 0.772. The molecule has 0 aromatic carbocycles. The molecule has 0 radical (unpaired) electrons. The van der Waals surface area contributed by atoms with E-state index >= 15 is 0 Å². The molecule has 2 rings (SSSR count). The molecule has 1 saturated heterocycles. The Hall–Kier alpha value is -0.0800. The van der Waals surface area contributed by atoms with Gasteiger partial charge in [0.05, 0.1) is 0 Å². The van der Waals surface area contributed by atoms with Gasteiger partial charge in [-0.3, -0.25) is 0 Å². The van der Waals surface area contributed by atoms with Crippen molar-refractivity contribution in [3.8, 4) is 0 Å². The second kappa shape index (κ2) is 5.86. The van der Waals surface area contributed by atoms with E-state index in [0.29, 0.717) is 0 Å². The van der Waals surface area contributed by atoms with Crippen LogP contribution in [0.4, 0.5) is 0 Å². The van der Waals surface area contributed by atoms with Crippen molar-refractivity contribution < 1.29 is 0 Å². The smallest absolute Gasteiger partial charge is 0.00766 e. The molecule has 0 spiro atoms. The zero-order valence-electron chi connectivity index (χ0n) is 10.2. The Morgan fingerprint density at radius 2 is 2.00 bits per heavy atom.